The predicted octanol–water partition coefficient (Wildman–Crippen LogP) is 3.03. The SMILES string of the molecule is C=CCNc1ccc(F)cc1[C@H](O)CC=C. The van der Waals surface area contributed by atoms with Gasteiger partial charge in [0.1, 0.15) is 5.82 Å². The summed E-state index contributed by atoms with van der Waals surface area (Å²) in [6.45, 7) is 7.71. The number of nitrogens with one attached hydrogen (secondary N) is 1. The number of rotatable bonds is 6. The van der Waals surface area contributed by atoms with Crippen LogP contribution in [0.5, 0.6) is 0 Å². The Morgan fingerprint density at radius 3 is 2.75 bits per heavy atom. The number of benzene rings is 1. The van der Waals surface area contributed by atoms with Crippen LogP contribution in [0.25, 0.3) is 0 Å². The topological polar surface area (TPSA) is 32.3 Å². The lowest BCUT2D eigenvalue weighted by Crippen LogP contribution is -2.05. The lowest BCUT2D eigenvalue weighted by atomic mass is 10.0. The minimum absolute atomic E-state index is 0.359. The van der Waals surface area contributed by atoms with Gasteiger partial charge in [0.15, 0.2) is 0 Å². The second-order valence-electron chi connectivity index (χ2n) is 3.44. The molecule has 1 atom stereocenters. The van der Waals surface area contributed by atoms with E-state index in [1.807, 2.05) is 0 Å². The highest BCUT2D eigenvalue weighted by atomic mass is 19.1. The molecule has 1 rings (SSSR count). The Kier molecular flexibility index (Phi) is 4.73. The molecule has 1 aromatic rings. The second kappa shape index (κ2) is 6.08. The fourth-order valence-corrected chi connectivity index (χ4v) is 1.44. The van der Waals surface area contributed by atoms with Crippen molar-refractivity contribution in [2.45, 2.75) is 12.5 Å². The zero-order chi connectivity index (χ0) is 12.0. The zero-order valence-electron chi connectivity index (χ0n) is 9.12. The molecule has 0 saturated heterocycles. The minimum Gasteiger partial charge on any atom is -0.388 e. The first kappa shape index (κ1) is 12.5. The number of halogens is 1. The Labute approximate surface area is 95.1 Å². The van der Waals surface area contributed by atoms with Crippen LogP contribution in [-0.2, 0) is 0 Å². The zero-order valence-corrected chi connectivity index (χ0v) is 9.12. The Morgan fingerprint density at radius 1 is 1.38 bits per heavy atom. The van der Waals surface area contributed by atoms with Crippen LogP contribution in [0.1, 0.15) is 18.1 Å². The molecule has 2 nitrogen and oxygen atoms in total. The maximum Gasteiger partial charge on any atom is 0.123 e. The number of hydrogen-bond acceptors (Lipinski definition) is 2. The Bertz CT molecular complexity index is 376. The highest BCUT2D eigenvalue weighted by molar-refractivity contribution is 5.52. The van der Waals surface area contributed by atoms with Crippen LogP contribution in [0.4, 0.5) is 10.1 Å². The van der Waals surface area contributed by atoms with Crippen LogP contribution in [0, 0.1) is 5.82 Å². The molecule has 0 heterocycles. The third kappa shape index (κ3) is 3.21. The molecule has 86 valence electrons. The van der Waals surface area contributed by atoms with E-state index < -0.39 is 6.10 Å². The van der Waals surface area contributed by atoms with Crippen molar-refractivity contribution in [1.29, 1.82) is 0 Å². The van der Waals surface area contributed by atoms with Crippen LogP contribution in [-0.4, -0.2) is 11.7 Å². The Balaban J connectivity index is 2.96. The predicted molar refractivity (Wildman–Crippen MR) is 64.9 cm³/mol. The second-order valence-corrected chi connectivity index (χ2v) is 3.44. The van der Waals surface area contributed by atoms with Gasteiger partial charge in [-0.3, -0.25) is 0 Å². The van der Waals surface area contributed by atoms with E-state index in [2.05, 4.69) is 18.5 Å². The van der Waals surface area contributed by atoms with Crippen molar-refractivity contribution in [2.24, 2.45) is 0 Å². The summed E-state index contributed by atoms with van der Waals surface area (Å²) in [5, 5.41) is 12.9. The molecular weight excluding hydrogens is 205 g/mol. The molecule has 16 heavy (non-hydrogen) atoms. The quantitative estimate of drug-likeness (QED) is 0.724. The van der Waals surface area contributed by atoms with Crippen molar-refractivity contribution < 1.29 is 9.50 Å². The molecule has 0 aliphatic rings. The van der Waals surface area contributed by atoms with Gasteiger partial charge in [-0.15, -0.1) is 13.2 Å². The standard InChI is InChI=1S/C13H16FNO/c1-3-5-13(16)11-9-10(14)6-7-12(11)15-8-4-2/h3-4,6-7,9,13,15-16H,1-2,5,8H2/t13-/m1/s1. The average molecular weight is 221 g/mol. The van der Waals surface area contributed by atoms with E-state index >= 15 is 0 Å². The summed E-state index contributed by atoms with van der Waals surface area (Å²) in [6.07, 6.45) is 2.96. The molecule has 0 aliphatic carbocycles. The molecule has 0 aliphatic heterocycles. The lowest BCUT2D eigenvalue weighted by Gasteiger charge is -2.15. The van der Waals surface area contributed by atoms with E-state index in [1.165, 1.54) is 12.1 Å². The van der Waals surface area contributed by atoms with E-state index in [0.29, 0.717) is 18.5 Å². The van der Waals surface area contributed by atoms with Gasteiger partial charge in [0.25, 0.3) is 0 Å². The molecule has 0 bridgehead atoms. The summed E-state index contributed by atoms with van der Waals surface area (Å²) in [6, 6.07) is 4.30. The average Bonchev–Trinajstić information content (AvgIpc) is 2.27. The van der Waals surface area contributed by atoms with Crippen LogP contribution in [0.3, 0.4) is 0 Å². The summed E-state index contributed by atoms with van der Waals surface area (Å²) >= 11 is 0. The van der Waals surface area contributed by atoms with Crippen LogP contribution < -0.4 is 5.32 Å². The summed E-state index contributed by atoms with van der Waals surface area (Å²) in [4.78, 5) is 0. The smallest absolute Gasteiger partial charge is 0.123 e. The normalized spacial score (nSPS) is 11.9. The van der Waals surface area contributed by atoms with Gasteiger partial charge < -0.3 is 10.4 Å². The molecule has 0 aromatic heterocycles. The molecule has 0 saturated carbocycles. The molecule has 0 unspecified atom stereocenters. The summed E-state index contributed by atoms with van der Waals surface area (Å²) < 4.78 is 13.1. The van der Waals surface area contributed by atoms with Crippen molar-refractivity contribution in [3.05, 3.63) is 54.9 Å². The molecule has 0 fully saturated rings. The molecule has 0 spiro atoms. The fourth-order valence-electron chi connectivity index (χ4n) is 1.44. The third-order valence-corrected chi connectivity index (χ3v) is 2.20. The van der Waals surface area contributed by atoms with Gasteiger partial charge in [-0.05, 0) is 24.6 Å². The highest BCUT2D eigenvalue weighted by Crippen LogP contribution is 2.26. The van der Waals surface area contributed by atoms with Gasteiger partial charge in [0.2, 0.25) is 0 Å². The van der Waals surface area contributed by atoms with Crippen LogP contribution >= 0.6 is 0 Å². The van der Waals surface area contributed by atoms with Gasteiger partial charge in [-0.25, -0.2) is 4.39 Å². The lowest BCUT2D eigenvalue weighted by molar-refractivity contribution is 0.182. The Hall–Kier alpha value is -1.61. The van der Waals surface area contributed by atoms with Crippen LogP contribution in [0.15, 0.2) is 43.5 Å². The van der Waals surface area contributed by atoms with E-state index in [9.17, 15) is 9.50 Å². The fraction of sp³-hybridized carbons (Fsp3) is 0.231. The molecule has 2 N–H and O–H groups in total. The van der Waals surface area contributed by atoms with E-state index in [1.54, 1.807) is 18.2 Å². The first-order valence-corrected chi connectivity index (χ1v) is 5.12. The molecule has 1 aromatic carbocycles. The van der Waals surface area contributed by atoms with Gasteiger partial charge in [0.05, 0.1) is 6.10 Å². The first-order valence-electron chi connectivity index (χ1n) is 5.12. The first-order chi connectivity index (χ1) is 7.69. The summed E-state index contributed by atoms with van der Waals surface area (Å²) in [5.74, 6) is -0.359. The maximum absolute atomic E-state index is 13.1. The van der Waals surface area contributed by atoms with Gasteiger partial charge in [0, 0.05) is 17.8 Å². The number of hydrogen-bond donors (Lipinski definition) is 2. The van der Waals surface area contributed by atoms with Crippen LogP contribution in [0.2, 0.25) is 0 Å². The molecular formula is C13H16FNO. The van der Waals surface area contributed by atoms with Gasteiger partial charge in [-0.2, -0.15) is 0 Å². The molecule has 0 radical (unpaired) electrons. The minimum atomic E-state index is -0.736. The van der Waals surface area contributed by atoms with Crippen molar-refractivity contribution in [1.82, 2.24) is 0 Å². The van der Waals surface area contributed by atoms with E-state index in [4.69, 9.17) is 0 Å². The monoisotopic (exact) mass is 221 g/mol. The van der Waals surface area contributed by atoms with E-state index in [-0.39, 0.29) is 5.82 Å². The number of aliphatic hydroxyl groups excluding tert-OH is 1. The highest BCUT2D eigenvalue weighted by Gasteiger charge is 2.11. The van der Waals surface area contributed by atoms with Gasteiger partial charge in [-0.1, -0.05) is 12.2 Å². The van der Waals surface area contributed by atoms with Crippen molar-refractivity contribution >= 4 is 5.69 Å². The molecule has 3 heteroatoms. The summed E-state index contributed by atoms with van der Waals surface area (Å²) in [7, 11) is 0. The van der Waals surface area contributed by atoms with Crippen molar-refractivity contribution in [3.8, 4) is 0 Å². The van der Waals surface area contributed by atoms with E-state index in [0.717, 1.165) is 5.69 Å². The van der Waals surface area contributed by atoms with Gasteiger partial charge >= 0.3 is 0 Å². The van der Waals surface area contributed by atoms with Crippen molar-refractivity contribution in [3.63, 3.8) is 0 Å². The number of aliphatic hydroxyl groups is 1. The maximum atomic E-state index is 13.1. The Morgan fingerprint density at radius 2 is 2.12 bits per heavy atom. The van der Waals surface area contributed by atoms with Crippen molar-refractivity contribution in [2.75, 3.05) is 11.9 Å². The number of anilines is 1. The third-order valence-electron chi connectivity index (χ3n) is 2.20. The largest absolute Gasteiger partial charge is 0.388 e. The summed E-state index contributed by atoms with van der Waals surface area (Å²) in [5.41, 5.74) is 1.26. The molecule has 0 amide bonds.